The topological polar surface area (TPSA) is 88.2 Å². The van der Waals surface area contributed by atoms with Crippen LogP contribution in [0.2, 0.25) is 0 Å². The van der Waals surface area contributed by atoms with Crippen molar-refractivity contribution in [1.82, 2.24) is 4.90 Å². The highest BCUT2D eigenvalue weighted by molar-refractivity contribution is 5.41. The molecule has 2 unspecified atom stereocenters. The number of nitrogens with two attached hydrogens (primary N) is 1. The Morgan fingerprint density at radius 1 is 1.10 bits per heavy atom. The van der Waals surface area contributed by atoms with Gasteiger partial charge in [0.2, 0.25) is 0 Å². The molecule has 0 aliphatic rings. The van der Waals surface area contributed by atoms with E-state index in [0.717, 1.165) is 0 Å². The molecule has 0 radical (unpaired) electrons. The number of hydrogen-bond acceptors (Lipinski definition) is 6. The van der Waals surface area contributed by atoms with Gasteiger partial charge in [0.25, 0.3) is 0 Å². The monoisotopic (exact) mass is 284 g/mol. The van der Waals surface area contributed by atoms with Crippen LogP contribution in [0.3, 0.4) is 0 Å². The van der Waals surface area contributed by atoms with Gasteiger partial charge in [0, 0.05) is 25.9 Å². The van der Waals surface area contributed by atoms with Crippen LogP contribution < -0.4 is 10.5 Å². The van der Waals surface area contributed by atoms with Crippen molar-refractivity contribution in [3.05, 3.63) is 24.3 Å². The van der Waals surface area contributed by atoms with Gasteiger partial charge in [-0.15, -0.1) is 0 Å². The minimum atomic E-state index is -0.632. The van der Waals surface area contributed by atoms with Crippen molar-refractivity contribution < 1.29 is 19.7 Å². The van der Waals surface area contributed by atoms with Crippen molar-refractivity contribution in [2.24, 2.45) is 0 Å². The predicted octanol–water partition coefficient (Wildman–Crippen LogP) is -0.0524. The first kappa shape index (κ1) is 16.7. The van der Waals surface area contributed by atoms with E-state index in [1.807, 2.05) is 11.9 Å². The first-order valence-corrected chi connectivity index (χ1v) is 6.53. The van der Waals surface area contributed by atoms with Gasteiger partial charge in [0.05, 0.1) is 12.7 Å². The molecule has 6 heteroatoms. The molecule has 0 saturated heterocycles. The van der Waals surface area contributed by atoms with E-state index in [9.17, 15) is 10.2 Å². The molecule has 20 heavy (non-hydrogen) atoms. The molecule has 4 N–H and O–H groups in total. The van der Waals surface area contributed by atoms with E-state index in [2.05, 4.69) is 0 Å². The number of aliphatic hydroxyl groups excluding tert-OH is 2. The van der Waals surface area contributed by atoms with Crippen molar-refractivity contribution in [1.29, 1.82) is 0 Å². The zero-order valence-corrected chi connectivity index (χ0v) is 12.0. The molecule has 2 atom stereocenters. The molecule has 0 bridgehead atoms. The highest BCUT2D eigenvalue weighted by atomic mass is 16.5. The van der Waals surface area contributed by atoms with Gasteiger partial charge >= 0.3 is 0 Å². The number of methoxy groups -OCH3 is 1. The van der Waals surface area contributed by atoms with E-state index in [4.69, 9.17) is 15.2 Å². The fourth-order valence-electron chi connectivity index (χ4n) is 1.85. The molecule has 1 rings (SSSR count). The van der Waals surface area contributed by atoms with Crippen LogP contribution in [0.5, 0.6) is 5.75 Å². The number of nitrogens with zero attached hydrogens (tertiary/aromatic N) is 1. The minimum Gasteiger partial charge on any atom is -0.491 e. The summed E-state index contributed by atoms with van der Waals surface area (Å²) < 4.78 is 10.3. The van der Waals surface area contributed by atoms with E-state index in [1.165, 1.54) is 0 Å². The van der Waals surface area contributed by atoms with Gasteiger partial charge in [-0.2, -0.15) is 0 Å². The van der Waals surface area contributed by atoms with E-state index >= 15 is 0 Å². The summed E-state index contributed by atoms with van der Waals surface area (Å²) in [6.07, 6.45) is -1.19. The molecule has 0 fully saturated rings. The van der Waals surface area contributed by atoms with Crippen molar-refractivity contribution in [3.8, 4) is 5.75 Å². The summed E-state index contributed by atoms with van der Waals surface area (Å²) in [4.78, 5) is 1.83. The number of likely N-dealkylation sites (N-methyl/N-ethyl adjacent to an activating group) is 1. The van der Waals surface area contributed by atoms with E-state index in [1.54, 1.807) is 31.4 Å². The number of hydrogen-bond donors (Lipinski definition) is 3. The van der Waals surface area contributed by atoms with Gasteiger partial charge in [-0.3, -0.25) is 0 Å². The number of aliphatic hydroxyl groups is 2. The quantitative estimate of drug-likeness (QED) is 0.551. The average molecular weight is 284 g/mol. The third kappa shape index (κ3) is 6.72. The summed E-state index contributed by atoms with van der Waals surface area (Å²) in [6.45, 7) is 1.32. The Morgan fingerprint density at radius 2 is 1.65 bits per heavy atom. The van der Waals surface area contributed by atoms with E-state index in [-0.39, 0.29) is 13.2 Å². The number of rotatable bonds is 9. The van der Waals surface area contributed by atoms with Crippen LogP contribution in [0, 0.1) is 0 Å². The van der Waals surface area contributed by atoms with Crippen LogP contribution in [0.4, 0.5) is 5.69 Å². The number of nitrogen functional groups attached to an aromatic ring is 1. The van der Waals surface area contributed by atoms with Crippen molar-refractivity contribution in [3.63, 3.8) is 0 Å². The van der Waals surface area contributed by atoms with Gasteiger partial charge < -0.3 is 30.3 Å². The fourth-order valence-corrected chi connectivity index (χ4v) is 1.85. The molecule has 6 nitrogen and oxygen atoms in total. The maximum Gasteiger partial charge on any atom is 0.119 e. The summed E-state index contributed by atoms with van der Waals surface area (Å²) in [7, 11) is 3.36. The average Bonchev–Trinajstić information content (AvgIpc) is 2.38. The molecular weight excluding hydrogens is 260 g/mol. The lowest BCUT2D eigenvalue weighted by Crippen LogP contribution is -2.38. The maximum absolute atomic E-state index is 9.87. The van der Waals surface area contributed by atoms with Gasteiger partial charge in [0.15, 0.2) is 0 Å². The Balaban J connectivity index is 2.25. The molecule has 0 saturated carbocycles. The van der Waals surface area contributed by atoms with Crippen LogP contribution in [0.15, 0.2) is 24.3 Å². The van der Waals surface area contributed by atoms with Crippen molar-refractivity contribution >= 4 is 5.69 Å². The molecule has 114 valence electrons. The Morgan fingerprint density at radius 3 is 2.20 bits per heavy atom. The van der Waals surface area contributed by atoms with E-state index in [0.29, 0.717) is 24.5 Å². The third-order valence-corrected chi connectivity index (χ3v) is 2.73. The first-order chi connectivity index (χ1) is 9.51. The SMILES string of the molecule is COCC(O)CN(C)CC(O)COc1ccc(N)cc1. The molecule has 0 aromatic heterocycles. The van der Waals surface area contributed by atoms with Gasteiger partial charge in [-0.05, 0) is 31.3 Å². The molecule has 0 amide bonds. The Hall–Kier alpha value is -1.34. The minimum absolute atomic E-state index is 0.189. The summed E-state index contributed by atoms with van der Waals surface area (Å²) in [6, 6.07) is 7.01. The van der Waals surface area contributed by atoms with E-state index < -0.39 is 12.2 Å². The van der Waals surface area contributed by atoms with Gasteiger partial charge in [-0.25, -0.2) is 0 Å². The molecule has 0 aliphatic carbocycles. The maximum atomic E-state index is 9.87. The third-order valence-electron chi connectivity index (χ3n) is 2.73. The van der Waals surface area contributed by atoms with Crippen molar-refractivity contribution in [2.75, 3.05) is 46.2 Å². The molecular formula is C14H24N2O4. The van der Waals surface area contributed by atoms with Crippen LogP contribution >= 0.6 is 0 Å². The smallest absolute Gasteiger partial charge is 0.119 e. The van der Waals surface area contributed by atoms with Gasteiger partial charge in [0.1, 0.15) is 18.5 Å². The van der Waals surface area contributed by atoms with Gasteiger partial charge in [-0.1, -0.05) is 0 Å². The molecule has 1 aromatic rings. The van der Waals surface area contributed by atoms with Crippen LogP contribution in [0.1, 0.15) is 0 Å². The molecule has 0 heterocycles. The molecule has 0 spiro atoms. The fraction of sp³-hybridized carbons (Fsp3) is 0.571. The highest BCUT2D eigenvalue weighted by Gasteiger charge is 2.12. The summed E-state index contributed by atoms with van der Waals surface area (Å²) in [5, 5.41) is 19.4. The molecule has 1 aromatic carbocycles. The normalized spacial score (nSPS) is 14.2. The van der Waals surface area contributed by atoms with Crippen LogP contribution in [0.25, 0.3) is 0 Å². The lowest BCUT2D eigenvalue weighted by atomic mass is 10.3. The second-order valence-corrected chi connectivity index (χ2v) is 4.86. The summed E-state index contributed by atoms with van der Waals surface area (Å²) in [5.74, 6) is 0.667. The second-order valence-electron chi connectivity index (χ2n) is 4.86. The highest BCUT2D eigenvalue weighted by Crippen LogP contribution is 2.13. The predicted molar refractivity (Wildman–Crippen MR) is 77.7 cm³/mol. The zero-order chi connectivity index (χ0) is 15.0. The lowest BCUT2D eigenvalue weighted by Gasteiger charge is -2.23. The Labute approximate surface area is 119 Å². The summed E-state index contributed by atoms with van der Waals surface area (Å²) >= 11 is 0. The lowest BCUT2D eigenvalue weighted by molar-refractivity contribution is 0.0243. The van der Waals surface area contributed by atoms with Crippen LogP contribution in [-0.4, -0.2) is 67.8 Å². The van der Waals surface area contributed by atoms with Crippen LogP contribution in [-0.2, 0) is 4.74 Å². The summed E-state index contributed by atoms with van der Waals surface area (Å²) in [5.41, 5.74) is 6.25. The van der Waals surface area contributed by atoms with Crippen molar-refractivity contribution in [2.45, 2.75) is 12.2 Å². The Kier molecular flexibility index (Phi) is 7.32. The number of ether oxygens (including phenoxy) is 2. The molecule has 0 aliphatic heterocycles. The number of anilines is 1. The first-order valence-electron chi connectivity index (χ1n) is 6.53. The zero-order valence-electron chi connectivity index (χ0n) is 12.0. The standard InChI is InChI=1S/C14H24N2O4/c1-16(7-12(17)9-19-2)8-13(18)10-20-14-5-3-11(15)4-6-14/h3-6,12-13,17-18H,7-10,15H2,1-2H3. The number of benzene rings is 1. The largest absolute Gasteiger partial charge is 0.491 e. The second kappa shape index (κ2) is 8.76. The Bertz CT molecular complexity index is 372.